The number of hydrogen-bond donors (Lipinski definition) is 0. The Bertz CT molecular complexity index is 2810. The molecule has 0 saturated carbocycles. The molecule has 0 aliphatic rings. The molecule has 4 nitrogen and oxygen atoms in total. The van der Waals surface area contributed by atoms with Crippen LogP contribution in [-0.2, 0) is 0 Å². The molecule has 0 N–H and O–H groups in total. The van der Waals surface area contributed by atoms with E-state index in [0.717, 1.165) is 39.1 Å². The zero-order valence-corrected chi connectivity index (χ0v) is 28.9. The van der Waals surface area contributed by atoms with Crippen molar-refractivity contribution in [1.82, 2.24) is 15.0 Å². The molecule has 0 saturated heterocycles. The Morgan fingerprint density at radius 3 is 1.55 bits per heavy atom. The van der Waals surface area contributed by atoms with E-state index < -0.39 is 0 Å². The minimum absolute atomic E-state index is 0.660. The van der Waals surface area contributed by atoms with Gasteiger partial charge in [0, 0.05) is 74.1 Å². The number of para-hydroxylation sites is 1. The standard InChI is InChI=1S/C45H28N4S2/c1-4-13-29(14-5-1)43-46-44(30-15-6-2-7-16-30)48-45(47-43)37-20-12-22-39-42(37)36-26-24-33(28-41(36)51-39)49(31-17-8-3-9-18-31)32-23-25-35-34-19-10-11-21-38(34)50-40(35)27-32/h1-28H. The molecule has 0 unspecified atom stereocenters. The van der Waals surface area contributed by atoms with E-state index in [4.69, 9.17) is 15.0 Å². The van der Waals surface area contributed by atoms with Gasteiger partial charge in [0.05, 0.1) is 0 Å². The highest BCUT2D eigenvalue weighted by molar-refractivity contribution is 7.26. The van der Waals surface area contributed by atoms with Crippen LogP contribution in [0, 0.1) is 0 Å². The molecule has 10 rings (SSSR count). The fraction of sp³-hybridized carbons (Fsp3) is 0. The Morgan fingerprint density at radius 1 is 0.353 bits per heavy atom. The fourth-order valence-electron chi connectivity index (χ4n) is 6.95. The van der Waals surface area contributed by atoms with E-state index in [1.165, 1.54) is 35.0 Å². The van der Waals surface area contributed by atoms with Gasteiger partial charge < -0.3 is 4.90 Å². The van der Waals surface area contributed by atoms with Gasteiger partial charge in [0.25, 0.3) is 0 Å². The van der Waals surface area contributed by atoms with Crippen LogP contribution in [-0.4, -0.2) is 15.0 Å². The highest BCUT2D eigenvalue weighted by Gasteiger charge is 2.19. The van der Waals surface area contributed by atoms with Crippen molar-refractivity contribution in [2.45, 2.75) is 0 Å². The summed E-state index contributed by atoms with van der Waals surface area (Å²) in [6.45, 7) is 0. The number of nitrogens with zero attached hydrogens (tertiary/aromatic N) is 4. The first-order valence-electron chi connectivity index (χ1n) is 16.9. The number of aromatic nitrogens is 3. The number of fused-ring (bicyclic) bond motifs is 6. The minimum Gasteiger partial charge on any atom is -0.310 e. The first-order valence-corrected chi connectivity index (χ1v) is 18.5. The molecule has 3 heterocycles. The molecule has 0 bridgehead atoms. The average Bonchev–Trinajstić information content (AvgIpc) is 3.77. The highest BCUT2D eigenvalue weighted by atomic mass is 32.1. The van der Waals surface area contributed by atoms with E-state index in [0.29, 0.717) is 17.5 Å². The summed E-state index contributed by atoms with van der Waals surface area (Å²) in [4.78, 5) is 17.4. The maximum Gasteiger partial charge on any atom is 0.164 e. The zero-order valence-electron chi connectivity index (χ0n) is 27.3. The Hall–Kier alpha value is -6.21. The summed E-state index contributed by atoms with van der Waals surface area (Å²) in [5.41, 5.74) is 6.28. The summed E-state index contributed by atoms with van der Waals surface area (Å²) in [7, 11) is 0. The highest BCUT2D eigenvalue weighted by Crippen LogP contribution is 2.45. The van der Waals surface area contributed by atoms with Crippen molar-refractivity contribution in [2.75, 3.05) is 4.90 Å². The molecule has 240 valence electrons. The largest absolute Gasteiger partial charge is 0.310 e. The van der Waals surface area contributed by atoms with E-state index in [9.17, 15) is 0 Å². The first kappa shape index (κ1) is 29.7. The number of thiophene rings is 2. The lowest BCUT2D eigenvalue weighted by molar-refractivity contribution is 1.08. The van der Waals surface area contributed by atoms with Crippen LogP contribution >= 0.6 is 22.7 Å². The van der Waals surface area contributed by atoms with Gasteiger partial charge in [-0.05, 0) is 48.5 Å². The molecule has 7 aromatic carbocycles. The van der Waals surface area contributed by atoms with Crippen molar-refractivity contribution in [3.05, 3.63) is 170 Å². The van der Waals surface area contributed by atoms with E-state index >= 15 is 0 Å². The number of benzene rings is 7. The number of anilines is 3. The van der Waals surface area contributed by atoms with E-state index in [-0.39, 0.29) is 0 Å². The van der Waals surface area contributed by atoms with Crippen LogP contribution in [0.1, 0.15) is 0 Å². The summed E-state index contributed by atoms with van der Waals surface area (Å²) >= 11 is 3.65. The number of rotatable bonds is 6. The SMILES string of the molecule is c1ccc(-c2nc(-c3ccccc3)nc(-c3cccc4sc5cc(N(c6ccccc6)c6ccc7c(c6)sc6ccccc67)ccc5c34)n2)cc1. The Balaban J connectivity index is 1.14. The molecule has 10 aromatic rings. The summed E-state index contributed by atoms with van der Waals surface area (Å²) in [5, 5.41) is 4.95. The molecular weight excluding hydrogens is 661 g/mol. The second kappa shape index (κ2) is 12.3. The predicted molar refractivity (Wildman–Crippen MR) is 217 cm³/mol. The van der Waals surface area contributed by atoms with Crippen LogP contribution in [0.5, 0.6) is 0 Å². The third kappa shape index (κ3) is 5.24. The van der Waals surface area contributed by atoms with Gasteiger partial charge in [-0.15, -0.1) is 22.7 Å². The molecule has 0 aliphatic heterocycles. The van der Waals surface area contributed by atoms with Gasteiger partial charge in [0.15, 0.2) is 17.5 Å². The second-order valence-electron chi connectivity index (χ2n) is 12.4. The molecule has 0 atom stereocenters. The van der Waals surface area contributed by atoms with E-state index in [2.05, 4.69) is 114 Å². The molecule has 3 aromatic heterocycles. The maximum absolute atomic E-state index is 5.08. The van der Waals surface area contributed by atoms with Crippen LogP contribution in [0.3, 0.4) is 0 Å². The predicted octanol–water partition coefficient (Wildman–Crippen LogP) is 13.1. The Labute approximate surface area is 302 Å². The van der Waals surface area contributed by atoms with Crippen molar-refractivity contribution >= 4 is 80.1 Å². The van der Waals surface area contributed by atoms with E-state index in [1.54, 1.807) is 11.3 Å². The smallest absolute Gasteiger partial charge is 0.164 e. The van der Waals surface area contributed by atoms with Crippen LogP contribution < -0.4 is 4.90 Å². The minimum atomic E-state index is 0.660. The third-order valence-corrected chi connectivity index (χ3v) is 11.6. The summed E-state index contributed by atoms with van der Waals surface area (Å²) < 4.78 is 4.99. The average molecular weight is 689 g/mol. The summed E-state index contributed by atoms with van der Waals surface area (Å²) in [6, 6.07) is 59.7. The molecular formula is C45H28N4S2. The van der Waals surface area contributed by atoms with Crippen molar-refractivity contribution in [3.63, 3.8) is 0 Å². The summed E-state index contributed by atoms with van der Waals surface area (Å²) in [5.74, 6) is 1.99. The van der Waals surface area contributed by atoms with Crippen molar-refractivity contribution < 1.29 is 0 Å². The van der Waals surface area contributed by atoms with Crippen LogP contribution in [0.25, 0.3) is 74.5 Å². The molecule has 51 heavy (non-hydrogen) atoms. The fourth-order valence-corrected chi connectivity index (χ4v) is 9.25. The van der Waals surface area contributed by atoms with Gasteiger partial charge in [-0.3, -0.25) is 0 Å². The monoisotopic (exact) mass is 688 g/mol. The molecule has 0 spiro atoms. The Kier molecular flexibility index (Phi) is 7.15. The quantitative estimate of drug-likeness (QED) is 0.174. The van der Waals surface area contributed by atoms with Crippen molar-refractivity contribution in [2.24, 2.45) is 0 Å². The first-order chi connectivity index (χ1) is 25.3. The van der Waals surface area contributed by atoms with Gasteiger partial charge in [-0.2, -0.15) is 0 Å². The van der Waals surface area contributed by atoms with Crippen LogP contribution in [0.2, 0.25) is 0 Å². The van der Waals surface area contributed by atoms with Gasteiger partial charge in [-0.1, -0.05) is 121 Å². The molecule has 0 radical (unpaired) electrons. The maximum atomic E-state index is 5.08. The van der Waals surface area contributed by atoms with Crippen molar-refractivity contribution in [1.29, 1.82) is 0 Å². The Morgan fingerprint density at radius 2 is 0.863 bits per heavy atom. The van der Waals surface area contributed by atoms with Gasteiger partial charge >= 0.3 is 0 Å². The topological polar surface area (TPSA) is 41.9 Å². The van der Waals surface area contributed by atoms with Gasteiger partial charge in [0.2, 0.25) is 0 Å². The molecule has 0 fully saturated rings. The lowest BCUT2D eigenvalue weighted by Gasteiger charge is -2.25. The number of hydrogen-bond acceptors (Lipinski definition) is 6. The third-order valence-electron chi connectivity index (χ3n) is 9.31. The molecule has 0 aliphatic carbocycles. The zero-order chi connectivity index (χ0) is 33.7. The molecule has 6 heteroatoms. The van der Waals surface area contributed by atoms with Crippen molar-refractivity contribution in [3.8, 4) is 34.2 Å². The second-order valence-corrected chi connectivity index (χ2v) is 14.6. The lowest BCUT2D eigenvalue weighted by Crippen LogP contribution is -2.09. The van der Waals surface area contributed by atoms with E-state index in [1.807, 2.05) is 72.0 Å². The van der Waals surface area contributed by atoms with Crippen LogP contribution in [0.4, 0.5) is 17.1 Å². The normalized spacial score (nSPS) is 11.5. The molecule has 0 amide bonds. The van der Waals surface area contributed by atoms with Gasteiger partial charge in [-0.25, -0.2) is 15.0 Å². The van der Waals surface area contributed by atoms with Gasteiger partial charge in [0.1, 0.15) is 0 Å². The summed E-state index contributed by atoms with van der Waals surface area (Å²) in [6.07, 6.45) is 0. The van der Waals surface area contributed by atoms with Crippen LogP contribution in [0.15, 0.2) is 170 Å². The lowest BCUT2D eigenvalue weighted by atomic mass is 10.0.